The third kappa shape index (κ3) is 1.97. The summed E-state index contributed by atoms with van der Waals surface area (Å²) in [6.07, 6.45) is 0. The summed E-state index contributed by atoms with van der Waals surface area (Å²) in [6.45, 7) is 3.20. The van der Waals surface area contributed by atoms with Crippen molar-refractivity contribution in [1.29, 1.82) is 0 Å². The minimum absolute atomic E-state index is 0.0831. The fourth-order valence-corrected chi connectivity index (χ4v) is 1.04. The maximum atomic E-state index is 10.7. The molecular weight excluding hydrogens is 130 g/mol. The van der Waals surface area contributed by atoms with Gasteiger partial charge in [-0.25, -0.2) is 0 Å². The molecule has 1 aliphatic rings. The van der Waals surface area contributed by atoms with Crippen molar-refractivity contribution < 1.29 is 4.79 Å². The Morgan fingerprint density at radius 1 is 1.70 bits per heavy atom. The van der Waals surface area contributed by atoms with Gasteiger partial charge in [-0.3, -0.25) is 15.4 Å². The molecule has 1 heterocycles. The van der Waals surface area contributed by atoms with Gasteiger partial charge in [-0.05, 0) is 0 Å². The van der Waals surface area contributed by atoms with Crippen LogP contribution in [0.4, 0.5) is 0 Å². The third-order valence-electron chi connectivity index (χ3n) is 1.55. The van der Waals surface area contributed by atoms with Crippen molar-refractivity contribution in [2.75, 3.05) is 32.7 Å². The lowest BCUT2D eigenvalue weighted by molar-refractivity contribution is -0.124. The third-order valence-corrected chi connectivity index (χ3v) is 1.55. The number of rotatable bonds is 2. The molecule has 0 aromatic carbocycles. The van der Waals surface area contributed by atoms with Crippen LogP contribution in [0.25, 0.3) is 0 Å². The SMILES string of the molecule is [NH]CCN1CCNC(=O)C1. The van der Waals surface area contributed by atoms with E-state index in [-0.39, 0.29) is 5.91 Å². The number of hydrogen-bond acceptors (Lipinski definition) is 2. The van der Waals surface area contributed by atoms with Crippen LogP contribution in [0.2, 0.25) is 0 Å². The molecule has 1 fully saturated rings. The maximum absolute atomic E-state index is 10.7. The Kier molecular flexibility index (Phi) is 2.65. The maximum Gasteiger partial charge on any atom is 0.234 e. The highest BCUT2D eigenvalue weighted by Gasteiger charge is 2.13. The minimum Gasteiger partial charge on any atom is -0.354 e. The molecule has 4 nitrogen and oxygen atoms in total. The summed E-state index contributed by atoms with van der Waals surface area (Å²) >= 11 is 0. The second kappa shape index (κ2) is 3.53. The summed E-state index contributed by atoms with van der Waals surface area (Å²) in [5.41, 5.74) is 6.93. The van der Waals surface area contributed by atoms with Crippen molar-refractivity contribution in [1.82, 2.24) is 16.0 Å². The highest BCUT2D eigenvalue weighted by atomic mass is 16.2. The van der Waals surface area contributed by atoms with E-state index >= 15 is 0 Å². The predicted octanol–water partition coefficient (Wildman–Crippen LogP) is -1.30. The molecule has 1 saturated heterocycles. The average molecular weight is 142 g/mol. The largest absolute Gasteiger partial charge is 0.354 e. The Balaban J connectivity index is 2.25. The fourth-order valence-electron chi connectivity index (χ4n) is 1.04. The first kappa shape index (κ1) is 7.50. The second-order valence-electron chi connectivity index (χ2n) is 2.38. The van der Waals surface area contributed by atoms with Crippen molar-refractivity contribution in [3.63, 3.8) is 0 Å². The Labute approximate surface area is 60.4 Å². The van der Waals surface area contributed by atoms with Gasteiger partial charge in [0.1, 0.15) is 0 Å². The lowest BCUT2D eigenvalue weighted by Crippen LogP contribution is -2.48. The summed E-state index contributed by atoms with van der Waals surface area (Å²) in [4.78, 5) is 12.7. The summed E-state index contributed by atoms with van der Waals surface area (Å²) in [6, 6.07) is 0. The molecule has 1 radical (unpaired) electrons. The Morgan fingerprint density at radius 2 is 2.50 bits per heavy atom. The standard InChI is InChI=1S/C6H12N3O/c7-1-3-9-4-2-8-6(10)5-9/h7H,1-5H2,(H,8,10). The van der Waals surface area contributed by atoms with Crippen molar-refractivity contribution in [2.24, 2.45) is 0 Å². The topological polar surface area (TPSA) is 56.1 Å². The Hall–Kier alpha value is -0.610. The molecule has 0 saturated carbocycles. The number of carbonyl (C=O) groups is 1. The predicted molar refractivity (Wildman–Crippen MR) is 37.4 cm³/mol. The van der Waals surface area contributed by atoms with Gasteiger partial charge in [-0.15, -0.1) is 0 Å². The van der Waals surface area contributed by atoms with E-state index < -0.39 is 0 Å². The molecule has 0 spiro atoms. The smallest absolute Gasteiger partial charge is 0.234 e. The van der Waals surface area contributed by atoms with Crippen LogP contribution in [0.15, 0.2) is 0 Å². The molecule has 10 heavy (non-hydrogen) atoms. The van der Waals surface area contributed by atoms with Gasteiger partial charge < -0.3 is 5.32 Å². The molecule has 57 valence electrons. The Bertz CT molecular complexity index is 124. The van der Waals surface area contributed by atoms with E-state index in [4.69, 9.17) is 5.73 Å². The van der Waals surface area contributed by atoms with Crippen LogP contribution < -0.4 is 11.1 Å². The highest BCUT2D eigenvalue weighted by molar-refractivity contribution is 5.78. The van der Waals surface area contributed by atoms with E-state index in [0.717, 1.165) is 13.1 Å². The average Bonchev–Trinajstić information content (AvgIpc) is 1.88. The van der Waals surface area contributed by atoms with E-state index in [2.05, 4.69) is 5.32 Å². The lowest BCUT2D eigenvalue weighted by Gasteiger charge is -2.25. The summed E-state index contributed by atoms with van der Waals surface area (Å²) in [7, 11) is 0. The summed E-state index contributed by atoms with van der Waals surface area (Å²) < 4.78 is 0. The molecular formula is C6H12N3O. The van der Waals surface area contributed by atoms with Crippen LogP contribution in [0.1, 0.15) is 0 Å². The number of nitrogens with zero attached hydrogens (tertiary/aromatic N) is 1. The van der Waals surface area contributed by atoms with Crippen LogP contribution in [-0.4, -0.2) is 43.5 Å². The van der Waals surface area contributed by atoms with Crippen LogP contribution in [0.5, 0.6) is 0 Å². The normalized spacial score (nSPS) is 20.7. The van der Waals surface area contributed by atoms with Gasteiger partial charge in [-0.2, -0.15) is 0 Å². The zero-order chi connectivity index (χ0) is 7.40. The number of piperazine rings is 1. The lowest BCUT2D eigenvalue weighted by atomic mass is 10.3. The molecule has 4 heteroatoms. The zero-order valence-corrected chi connectivity index (χ0v) is 5.89. The molecule has 2 N–H and O–H groups in total. The van der Waals surface area contributed by atoms with Gasteiger partial charge in [0.15, 0.2) is 0 Å². The molecule has 1 rings (SSSR count). The van der Waals surface area contributed by atoms with Crippen LogP contribution >= 0.6 is 0 Å². The molecule has 0 atom stereocenters. The number of nitrogens with one attached hydrogen (secondary N) is 2. The summed E-state index contributed by atoms with van der Waals surface area (Å²) in [5.74, 6) is 0.0831. The van der Waals surface area contributed by atoms with Crippen molar-refractivity contribution in [3.05, 3.63) is 0 Å². The van der Waals surface area contributed by atoms with E-state index in [1.807, 2.05) is 4.90 Å². The molecule has 0 aromatic rings. The van der Waals surface area contributed by atoms with Gasteiger partial charge in [0.05, 0.1) is 6.54 Å². The van der Waals surface area contributed by atoms with Crippen LogP contribution in [0, 0.1) is 0 Å². The van der Waals surface area contributed by atoms with Crippen molar-refractivity contribution in [3.8, 4) is 0 Å². The van der Waals surface area contributed by atoms with E-state index in [1.165, 1.54) is 0 Å². The molecule has 0 aromatic heterocycles. The monoisotopic (exact) mass is 142 g/mol. The van der Waals surface area contributed by atoms with E-state index in [1.54, 1.807) is 0 Å². The van der Waals surface area contributed by atoms with E-state index in [9.17, 15) is 4.79 Å². The second-order valence-corrected chi connectivity index (χ2v) is 2.38. The van der Waals surface area contributed by atoms with Crippen molar-refractivity contribution >= 4 is 5.91 Å². The number of amides is 1. The minimum atomic E-state index is 0.0831. The first-order valence-electron chi connectivity index (χ1n) is 3.46. The Morgan fingerprint density at radius 3 is 3.10 bits per heavy atom. The van der Waals surface area contributed by atoms with E-state index in [0.29, 0.717) is 19.6 Å². The van der Waals surface area contributed by atoms with Gasteiger partial charge in [0.2, 0.25) is 5.91 Å². The molecule has 0 unspecified atom stereocenters. The molecule has 0 aliphatic carbocycles. The van der Waals surface area contributed by atoms with Gasteiger partial charge in [-0.1, -0.05) is 0 Å². The van der Waals surface area contributed by atoms with Gasteiger partial charge in [0.25, 0.3) is 0 Å². The van der Waals surface area contributed by atoms with Crippen LogP contribution in [0.3, 0.4) is 0 Å². The molecule has 1 aliphatic heterocycles. The van der Waals surface area contributed by atoms with Crippen molar-refractivity contribution in [2.45, 2.75) is 0 Å². The van der Waals surface area contributed by atoms with Gasteiger partial charge in [0, 0.05) is 26.2 Å². The zero-order valence-electron chi connectivity index (χ0n) is 5.89. The number of carbonyl (C=O) groups excluding carboxylic acids is 1. The number of hydrogen-bond donors (Lipinski definition) is 1. The van der Waals surface area contributed by atoms with Crippen LogP contribution in [-0.2, 0) is 4.79 Å². The molecule has 0 bridgehead atoms. The summed E-state index contributed by atoms with van der Waals surface area (Å²) in [5, 5.41) is 2.73. The molecule has 1 amide bonds. The first-order chi connectivity index (χ1) is 4.83. The van der Waals surface area contributed by atoms with Gasteiger partial charge >= 0.3 is 0 Å². The quantitative estimate of drug-likeness (QED) is 0.521. The fraction of sp³-hybridized carbons (Fsp3) is 0.833. The first-order valence-corrected chi connectivity index (χ1v) is 3.46. The highest BCUT2D eigenvalue weighted by Crippen LogP contribution is 1.90.